The Kier molecular flexibility index (Phi) is 3.07. The fraction of sp³-hybridized carbons (Fsp3) is 0.333. The molecule has 0 bridgehead atoms. The van der Waals surface area contributed by atoms with E-state index >= 15 is 0 Å². The lowest BCUT2D eigenvalue weighted by Crippen LogP contribution is -2.21. The third kappa shape index (κ3) is 2.02. The maximum atomic E-state index is 4.09. The number of nitrogens with zero attached hydrogens (tertiary/aromatic N) is 2. The van der Waals surface area contributed by atoms with E-state index in [-0.39, 0.29) is 0 Å². The monoisotopic (exact) mass is 239 g/mol. The largest absolute Gasteiger partial charge is 0.313 e. The Morgan fingerprint density at radius 3 is 2.78 bits per heavy atom. The summed E-state index contributed by atoms with van der Waals surface area (Å²) >= 11 is 0. The molecule has 18 heavy (non-hydrogen) atoms. The molecule has 0 aliphatic heterocycles. The van der Waals surface area contributed by atoms with Gasteiger partial charge in [0.15, 0.2) is 0 Å². The van der Waals surface area contributed by atoms with E-state index in [0.717, 1.165) is 5.56 Å². The fourth-order valence-electron chi connectivity index (χ4n) is 2.73. The highest BCUT2D eigenvalue weighted by Crippen LogP contribution is 2.32. The molecule has 2 aromatic rings. The zero-order valence-corrected chi connectivity index (χ0v) is 10.6. The molecule has 0 spiro atoms. The second kappa shape index (κ2) is 4.86. The van der Waals surface area contributed by atoms with Gasteiger partial charge in [-0.2, -0.15) is 0 Å². The van der Waals surface area contributed by atoms with Crippen LogP contribution in [0.25, 0.3) is 11.1 Å². The minimum absolute atomic E-state index is 0.485. The van der Waals surface area contributed by atoms with Crippen LogP contribution in [0.2, 0.25) is 0 Å². The molecule has 1 N–H and O–H groups in total. The van der Waals surface area contributed by atoms with Gasteiger partial charge >= 0.3 is 0 Å². The van der Waals surface area contributed by atoms with Crippen LogP contribution in [0.5, 0.6) is 0 Å². The van der Waals surface area contributed by atoms with E-state index in [1.165, 1.54) is 36.0 Å². The Balaban J connectivity index is 2.04. The number of hydrogen-bond donors (Lipinski definition) is 1. The first-order valence-electron chi connectivity index (χ1n) is 6.44. The van der Waals surface area contributed by atoms with Crippen molar-refractivity contribution in [2.45, 2.75) is 25.3 Å². The van der Waals surface area contributed by atoms with Gasteiger partial charge in [0.2, 0.25) is 0 Å². The molecule has 3 rings (SSSR count). The second-order valence-electron chi connectivity index (χ2n) is 4.77. The van der Waals surface area contributed by atoms with Crippen molar-refractivity contribution in [3.63, 3.8) is 0 Å². The van der Waals surface area contributed by atoms with Crippen molar-refractivity contribution in [1.82, 2.24) is 15.3 Å². The average molecular weight is 239 g/mol. The van der Waals surface area contributed by atoms with Gasteiger partial charge in [0, 0.05) is 24.0 Å². The first-order chi connectivity index (χ1) is 8.88. The lowest BCUT2D eigenvalue weighted by atomic mass is 9.86. The van der Waals surface area contributed by atoms with E-state index in [1.807, 2.05) is 19.4 Å². The number of rotatable bonds is 2. The molecular weight excluding hydrogens is 222 g/mol. The Bertz CT molecular complexity index is 537. The molecule has 1 aliphatic carbocycles. The van der Waals surface area contributed by atoms with Gasteiger partial charge in [0.1, 0.15) is 6.33 Å². The van der Waals surface area contributed by atoms with Crippen LogP contribution in [0.4, 0.5) is 0 Å². The maximum Gasteiger partial charge on any atom is 0.115 e. The molecule has 0 amide bonds. The molecule has 1 aromatic heterocycles. The summed E-state index contributed by atoms with van der Waals surface area (Å²) in [6.07, 6.45) is 8.99. The van der Waals surface area contributed by atoms with Crippen LogP contribution in [-0.4, -0.2) is 17.0 Å². The van der Waals surface area contributed by atoms with Crippen LogP contribution in [0.15, 0.2) is 36.9 Å². The lowest BCUT2D eigenvalue weighted by molar-refractivity contribution is 0.497. The van der Waals surface area contributed by atoms with Gasteiger partial charge < -0.3 is 5.32 Å². The Labute approximate surface area is 107 Å². The smallest absolute Gasteiger partial charge is 0.115 e. The van der Waals surface area contributed by atoms with Crippen molar-refractivity contribution in [3.8, 4) is 11.1 Å². The molecule has 0 saturated heterocycles. The second-order valence-corrected chi connectivity index (χ2v) is 4.77. The van der Waals surface area contributed by atoms with Gasteiger partial charge in [0.25, 0.3) is 0 Å². The van der Waals surface area contributed by atoms with E-state index in [1.54, 1.807) is 6.33 Å². The number of hydrogen-bond acceptors (Lipinski definition) is 3. The SMILES string of the molecule is CNC1CCCc2ccc(-c3cncnc3)cc21. The summed E-state index contributed by atoms with van der Waals surface area (Å²) in [6.45, 7) is 0. The predicted molar refractivity (Wildman–Crippen MR) is 72.2 cm³/mol. The molecule has 0 saturated carbocycles. The van der Waals surface area contributed by atoms with Crippen molar-refractivity contribution >= 4 is 0 Å². The standard InChI is InChI=1S/C15H17N3/c1-16-15-4-2-3-11-5-6-12(7-14(11)15)13-8-17-10-18-9-13/h5-10,15-16H,2-4H2,1H3. The van der Waals surface area contributed by atoms with Crippen LogP contribution in [0.1, 0.15) is 30.0 Å². The predicted octanol–water partition coefficient (Wildman–Crippen LogP) is 2.74. The van der Waals surface area contributed by atoms with Gasteiger partial charge in [-0.3, -0.25) is 0 Å². The average Bonchev–Trinajstić information content (AvgIpc) is 2.47. The maximum absolute atomic E-state index is 4.09. The van der Waals surface area contributed by atoms with E-state index < -0.39 is 0 Å². The zero-order valence-electron chi connectivity index (χ0n) is 10.6. The Hall–Kier alpha value is -1.74. The Morgan fingerprint density at radius 1 is 1.17 bits per heavy atom. The zero-order chi connectivity index (χ0) is 12.4. The number of aryl methyl sites for hydroxylation is 1. The van der Waals surface area contributed by atoms with E-state index in [9.17, 15) is 0 Å². The van der Waals surface area contributed by atoms with Gasteiger partial charge in [-0.1, -0.05) is 12.1 Å². The summed E-state index contributed by atoms with van der Waals surface area (Å²) in [6, 6.07) is 7.20. The van der Waals surface area contributed by atoms with Crippen LogP contribution in [0, 0.1) is 0 Å². The first-order valence-corrected chi connectivity index (χ1v) is 6.44. The van der Waals surface area contributed by atoms with Crippen LogP contribution < -0.4 is 5.32 Å². The lowest BCUT2D eigenvalue weighted by Gasteiger charge is -2.25. The summed E-state index contributed by atoms with van der Waals surface area (Å²) in [5.74, 6) is 0. The number of aromatic nitrogens is 2. The van der Waals surface area contributed by atoms with Crippen molar-refractivity contribution in [1.29, 1.82) is 0 Å². The van der Waals surface area contributed by atoms with Crippen molar-refractivity contribution in [3.05, 3.63) is 48.0 Å². The summed E-state index contributed by atoms with van der Waals surface area (Å²) in [5, 5.41) is 3.41. The molecule has 1 aliphatic rings. The van der Waals surface area contributed by atoms with E-state index in [4.69, 9.17) is 0 Å². The highest BCUT2D eigenvalue weighted by molar-refractivity contribution is 5.63. The molecule has 1 aromatic carbocycles. The highest BCUT2D eigenvalue weighted by atomic mass is 14.9. The number of fused-ring (bicyclic) bond motifs is 1. The van der Waals surface area contributed by atoms with E-state index in [2.05, 4.69) is 33.5 Å². The summed E-state index contributed by atoms with van der Waals surface area (Å²) in [5.41, 5.74) is 5.20. The minimum atomic E-state index is 0.485. The number of benzene rings is 1. The van der Waals surface area contributed by atoms with Gasteiger partial charge in [-0.25, -0.2) is 9.97 Å². The molecule has 92 valence electrons. The molecule has 1 unspecified atom stereocenters. The van der Waals surface area contributed by atoms with Crippen molar-refractivity contribution in [2.75, 3.05) is 7.05 Å². The van der Waals surface area contributed by atoms with Crippen LogP contribution in [0.3, 0.4) is 0 Å². The summed E-state index contributed by atoms with van der Waals surface area (Å²) in [7, 11) is 2.04. The highest BCUT2D eigenvalue weighted by Gasteiger charge is 2.19. The van der Waals surface area contributed by atoms with Gasteiger partial charge in [-0.15, -0.1) is 0 Å². The summed E-state index contributed by atoms with van der Waals surface area (Å²) < 4.78 is 0. The molecule has 3 nitrogen and oxygen atoms in total. The first kappa shape index (κ1) is 11.4. The van der Waals surface area contributed by atoms with Crippen LogP contribution in [-0.2, 0) is 6.42 Å². The molecule has 3 heteroatoms. The molecule has 0 fully saturated rings. The normalized spacial score (nSPS) is 18.4. The fourth-order valence-corrected chi connectivity index (χ4v) is 2.73. The van der Waals surface area contributed by atoms with Gasteiger partial charge in [-0.05, 0) is 49.1 Å². The third-order valence-corrected chi connectivity index (χ3v) is 3.70. The number of nitrogens with one attached hydrogen (secondary N) is 1. The minimum Gasteiger partial charge on any atom is -0.313 e. The third-order valence-electron chi connectivity index (χ3n) is 3.70. The summed E-state index contributed by atoms with van der Waals surface area (Å²) in [4.78, 5) is 8.17. The van der Waals surface area contributed by atoms with Gasteiger partial charge in [0.05, 0.1) is 0 Å². The molecule has 1 heterocycles. The van der Waals surface area contributed by atoms with E-state index in [0.29, 0.717) is 6.04 Å². The Morgan fingerprint density at radius 2 is 2.00 bits per heavy atom. The van der Waals surface area contributed by atoms with Crippen molar-refractivity contribution < 1.29 is 0 Å². The van der Waals surface area contributed by atoms with Crippen molar-refractivity contribution in [2.24, 2.45) is 0 Å². The molecule has 1 atom stereocenters. The topological polar surface area (TPSA) is 37.8 Å². The van der Waals surface area contributed by atoms with Crippen LogP contribution >= 0.6 is 0 Å². The molecular formula is C15H17N3. The quantitative estimate of drug-likeness (QED) is 0.875. The molecule has 0 radical (unpaired) electrons.